The van der Waals surface area contributed by atoms with Crippen molar-refractivity contribution in [3.8, 4) is 0 Å². The number of nitrogens with two attached hydrogens (primary N) is 1. The molecule has 6 heteroatoms. The number of hydrogen-bond donors (Lipinski definition) is 3. The second-order valence-corrected chi connectivity index (χ2v) is 2.62. The number of carboxylic acid groups (broad SMARTS) is 2. The zero-order valence-corrected chi connectivity index (χ0v) is 6.70. The molecule has 12 heavy (non-hydrogen) atoms. The standard InChI is InChI=1S/C6H11NO4.H2O/c1-6(7,5(10)11)3-2-4(8)9;/h2-3,7H2,1H3,(H,8,9)(H,10,11);1H2/t6-;/m1./s1. The molecular formula is C6H13NO5. The van der Waals surface area contributed by atoms with Gasteiger partial charge in [0.2, 0.25) is 0 Å². The summed E-state index contributed by atoms with van der Waals surface area (Å²) >= 11 is 0. The molecule has 0 radical (unpaired) electrons. The van der Waals surface area contributed by atoms with E-state index in [0.717, 1.165) is 0 Å². The molecule has 0 aromatic heterocycles. The molecule has 0 bridgehead atoms. The molecule has 0 saturated carbocycles. The predicted molar refractivity (Wildman–Crippen MR) is 40.7 cm³/mol. The van der Waals surface area contributed by atoms with Gasteiger partial charge in [0.25, 0.3) is 0 Å². The zero-order valence-electron chi connectivity index (χ0n) is 6.70. The highest BCUT2D eigenvalue weighted by molar-refractivity contribution is 5.78. The summed E-state index contributed by atoms with van der Waals surface area (Å²) in [6.45, 7) is 1.29. The molecule has 0 saturated heterocycles. The third-order valence-corrected chi connectivity index (χ3v) is 1.35. The third kappa shape index (κ3) is 4.64. The minimum atomic E-state index is -1.43. The molecule has 0 aromatic rings. The first-order valence-electron chi connectivity index (χ1n) is 3.10. The minimum Gasteiger partial charge on any atom is -0.481 e. The summed E-state index contributed by atoms with van der Waals surface area (Å²) in [5, 5.41) is 16.6. The van der Waals surface area contributed by atoms with Crippen LogP contribution in [0.5, 0.6) is 0 Å². The van der Waals surface area contributed by atoms with Crippen LogP contribution in [0.1, 0.15) is 19.8 Å². The van der Waals surface area contributed by atoms with E-state index in [1.165, 1.54) is 6.92 Å². The molecule has 0 aliphatic carbocycles. The second kappa shape index (κ2) is 4.68. The van der Waals surface area contributed by atoms with Crippen LogP contribution in [0.25, 0.3) is 0 Å². The van der Waals surface area contributed by atoms with Crippen molar-refractivity contribution in [2.24, 2.45) is 5.73 Å². The van der Waals surface area contributed by atoms with Gasteiger partial charge in [-0.3, -0.25) is 9.59 Å². The molecule has 72 valence electrons. The highest BCUT2D eigenvalue weighted by atomic mass is 16.4. The van der Waals surface area contributed by atoms with Gasteiger partial charge in [-0.2, -0.15) is 0 Å². The van der Waals surface area contributed by atoms with E-state index in [-0.39, 0.29) is 18.3 Å². The smallest absolute Gasteiger partial charge is 0.323 e. The Morgan fingerprint density at radius 3 is 2.08 bits per heavy atom. The SMILES string of the molecule is C[C@@](N)(CCC(=O)O)C(=O)O.O. The Kier molecular flexibility index (Phi) is 5.25. The highest BCUT2D eigenvalue weighted by Crippen LogP contribution is 2.08. The van der Waals surface area contributed by atoms with Crippen molar-refractivity contribution in [3.05, 3.63) is 0 Å². The summed E-state index contributed by atoms with van der Waals surface area (Å²) in [6, 6.07) is 0. The molecule has 0 heterocycles. The summed E-state index contributed by atoms with van der Waals surface area (Å²) in [5.41, 5.74) is 3.81. The van der Waals surface area contributed by atoms with Crippen molar-refractivity contribution in [2.45, 2.75) is 25.3 Å². The lowest BCUT2D eigenvalue weighted by Gasteiger charge is -2.16. The van der Waals surface area contributed by atoms with Crippen LogP contribution in [-0.2, 0) is 9.59 Å². The van der Waals surface area contributed by atoms with E-state index in [9.17, 15) is 9.59 Å². The topological polar surface area (TPSA) is 132 Å². The maximum atomic E-state index is 10.3. The van der Waals surface area contributed by atoms with E-state index in [0.29, 0.717) is 0 Å². The van der Waals surface area contributed by atoms with Gasteiger partial charge in [-0.15, -0.1) is 0 Å². The minimum absolute atomic E-state index is 0. The lowest BCUT2D eigenvalue weighted by molar-refractivity contribution is -0.143. The first kappa shape index (κ1) is 13.4. The molecule has 6 N–H and O–H groups in total. The van der Waals surface area contributed by atoms with Crippen LogP contribution in [0.15, 0.2) is 0 Å². The first-order valence-corrected chi connectivity index (χ1v) is 3.10. The average molecular weight is 179 g/mol. The highest BCUT2D eigenvalue weighted by Gasteiger charge is 2.27. The second-order valence-electron chi connectivity index (χ2n) is 2.62. The van der Waals surface area contributed by atoms with E-state index in [1.807, 2.05) is 0 Å². The Morgan fingerprint density at radius 2 is 1.83 bits per heavy atom. The Hall–Kier alpha value is -1.14. The molecule has 0 fully saturated rings. The lowest BCUT2D eigenvalue weighted by Crippen LogP contribution is -2.45. The molecule has 1 atom stereocenters. The zero-order chi connectivity index (χ0) is 9.07. The summed E-state index contributed by atoms with van der Waals surface area (Å²) in [5.74, 6) is -2.22. The molecule has 0 rings (SSSR count). The lowest BCUT2D eigenvalue weighted by atomic mass is 9.98. The van der Waals surface area contributed by atoms with Crippen LogP contribution in [0.2, 0.25) is 0 Å². The fraction of sp³-hybridized carbons (Fsp3) is 0.667. The summed E-state index contributed by atoms with van der Waals surface area (Å²) in [7, 11) is 0. The van der Waals surface area contributed by atoms with Gasteiger partial charge < -0.3 is 21.4 Å². The van der Waals surface area contributed by atoms with Crippen LogP contribution >= 0.6 is 0 Å². The van der Waals surface area contributed by atoms with E-state index in [2.05, 4.69) is 0 Å². The molecule has 0 aliphatic rings. The van der Waals surface area contributed by atoms with Crippen molar-refractivity contribution in [3.63, 3.8) is 0 Å². The van der Waals surface area contributed by atoms with Gasteiger partial charge in [0.1, 0.15) is 5.54 Å². The predicted octanol–water partition coefficient (Wildman–Crippen LogP) is -1.17. The Bertz CT molecular complexity index is 177. The fourth-order valence-electron chi connectivity index (χ4n) is 0.474. The summed E-state index contributed by atoms with van der Waals surface area (Å²) < 4.78 is 0. The maximum Gasteiger partial charge on any atom is 0.323 e. The monoisotopic (exact) mass is 179 g/mol. The van der Waals surface area contributed by atoms with Crippen molar-refractivity contribution in [1.29, 1.82) is 0 Å². The van der Waals surface area contributed by atoms with E-state index >= 15 is 0 Å². The van der Waals surface area contributed by atoms with E-state index in [4.69, 9.17) is 15.9 Å². The number of carboxylic acids is 2. The van der Waals surface area contributed by atoms with Crippen LogP contribution in [0.3, 0.4) is 0 Å². The Balaban J connectivity index is 0. The summed E-state index contributed by atoms with van der Waals surface area (Å²) in [6.07, 6.45) is -0.281. The number of hydrogen-bond acceptors (Lipinski definition) is 3. The van der Waals surface area contributed by atoms with Crippen molar-refractivity contribution < 1.29 is 25.3 Å². The Morgan fingerprint density at radius 1 is 1.42 bits per heavy atom. The van der Waals surface area contributed by atoms with Crippen LogP contribution in [-0.4, -0.2) is 33.2 Å². The molecule has 0 aromatic carbocycles. The molecule has 6 nitrogen and oxygen atoms in total. The number of rotatable bonds is 4. The van der Waals surface area contributed by atoms with Gasteiger partial charge in [0, 0.05) is 6.42 Å². The average Bonchev–Trinajstić information content (AvgIpc) is 1.84. The Labute approximate surface area is 69.3 Å². The van der Waals surface area contributed by atoms with Crippen LogP contribution < -0.4 is 5.73 Å². The van der Waals surface area contributed by atoms with Gasteiger partial charge in [-0.05, 0) is 13.3 Å². The van der Waals surface area contributed by atoms with Gasteiger partial charge in [0.05, 0.1) is 0 Å². The molecule has 0 amide bonds. The van der Waals surface area contributed by atoms with Crippen LogP contribution in [0, 0.1) is 0 Å². The van der Waals surface area contributed by atoms with Crippen molar-refractivity contribution in [2.75, 3.05) is 0 Å². The maximum absolute atomic E-state index is 10.3. The molecule has 0 spiro atoms. The van der Waals surface area contributed by atoms with Gasteiger partial charge >= 0.3 is 11.9 Å². The first-order chi connectivity index (χ1) is 4.86. The molecule has 0 aliphatic heterocycles. The largest absolute Gasteiger partial charge is 0.481 e. The van der Waals surface area contributed by atoms with Gasteiger partial charge in [-0.1, -0.05) is 0 Å². The quantitative estimate of drug-likeness (QED) is 0.500. The molecule has 0 unspecified atom stereocenters. The number of aliphatic carboxylic acids is 2. The van der Waals surface area contributed by atoms with Crippen LogP contribution in [0.4, 0.5) is 0 Å². The van der Waals surface area contributed by atoms with Crippen molar-refractivity contribution in [1.82, 2.24) is 0 Å². The summed E-state index contributed by atoms with van der Waals surface area (Å²) in [4.78, 5) is 20.3. The fourth-order valence-corrected chi connectivity index (χ4v) is 0.474. The van der Waals surface area contributed by atoms with E-state index < -0.39 is 17.5 Å². The molecular weight excluding hydrogens is 166 g/mol. The van der Waals surface area contributed by atoms with Gasteiger partial charge in [-0.25, -0.2) is 0 Å². The normalized spacial score (nSPS) is 14.2. The van der Waals surface area contributed by atoms with Gasteiger partial charge in [0.15, 0.2) is 0 Å². The third-order valence-electron chi connectivity index (χ3n) is 1.35. The number of carbonyl (C=O) groups is 2. The van der Waals surface area contributed by atoms with E-state index in [1.54, 1.807) is 0 Å². The van der Waals surface area contributed by atoms with Crippen molar-refractivity contribution >= 4 is 11.9 Å².